The summed E-state index contributed by atoms with van der Waals surface area (Å²) in [7, 11) is 0. The molecule has 0 aliphatic rings. The van der Waals surface area contributed by atoms with E-state index in [0.717, 1.165) is 17.1 Å². The minimum Gasteiger partial charge on any atom is -0.310 e. The van der Waals surface area contributed by atoms with Crippen LogP contribution in [-0.4, -0.2) is 0 Å². The molecule has 0 atom stereocenters. The van der Waals surface area contributed by atoms with Crippen molar-refractivity contribution in [3.8, 4) is 55.6 Å². The van der Waals surface area contributed by atoms with Gasteiger partial charge in [-0.3, -0.25) is 0 Å². The Morgan fingerprint density at radius 3 is 1.21 bits per heavy atom. The van der Waals surface area contributed by atoms with Gasteiger partial charge in [-0.05, 0) is 109 Å². The van der Waals surface area contributed by atoms with Crippen LogP contribution in [-0.2, 0) is 0 Å². The summed E-state index contributed by atoms with van der Waals surface area (Å²) >= 11 is 0. The first-order valence-corrected chi connectivity index (χ1v) is 18.2. The van der Waals surface area contributed by atoms with Crippen molar-refractivity contribution in [2.24, 2.45) is 0 Å². The minimum atomic E-state index is 1.09. The first kappa shape index (κ1) is 32.0. The lowest BCUT2D eigenvalue weighted by atomic mass is 9.88. The molecule has 0 heterocycles. The largest absolute Gasteiger partial charge is 0.310 e. The van der Waals surface area contributed by atoms with Crippen LogP contribution in [0.4, 0.5) is 17.1 Å². The van der Waals surface area contributed by atoms with Crippen molar-refractivity contribution in [2.45, 2.75) is 0 Å². The van der Waals surface area contributed by atoms with E-state index < -0.39 is 0 Å². The van der Waals surface area contributed by atoms with E-state index in [1.807, 2.05) is 0 Å². The van der Waals surface area contributed by atoms with Crippen molar-refractivity contribution in [1.29, 1.82) is 0 Å². The average molecular weight is 676 g/mol. The Morgan fingerprint density at radius 1 is 0.208 bits per heavy atom. The zero-order valence-corrected chi connectivity index (χ0v) is 29.3. The Kier molecular flexibility index (Phi) is 8.66. The van der Waals surface area contributed by atoms with Crippen LogP contribution in [0.5, 0.6) is 0 Å². The standard InChI is InChI=1S/C52H37N/c1-4-14-38(15-5-1)41-26-30-46(31-27-41)53(47-32-28-42(29-33-47)39-16-6-2-7-17-39)48-34-35-51(52(37-48)43-19-8-3-9-20-43)50-23-13-12-22-49(50)45-25-24-40-18-10-11-21-44(40)36-45/h1-37H. The van der Waals surface area contributed by atoms with Gasteiger partial charge in [-0.2, -0.15) is 0 Å². The maximum Gasteiger partial charge on any atom is 0.0468 e. The van der Waals surface area contributed by atoms with Crippen molar-refractivity contribution in [2.75, 3.05) is 4.90 Å². The molecule has 0 aliphatic carbocycles. The topological polar surface area (TPSA) is 3.24 Å². The predicted molar refractivity (Wildman–Crippen MR) is 226 cm³/mol. The smallest absolute Gasteiger partial charge is 0.0468 e. The highest BCUT2D eigenvalue weighted by molar-refractivity contribution is 5.96. The third kappa shape index (κ3) is 6.53. The van der Waals surface area contributed by atoms with Gasteiger partial charge in [0, 0.05) is 17.1 Å². The molecule has 0 radical (unpaired) electrons. The molecular formula is C52H37N. The number of nitrogens with zero attached hydrogens (tertiary/aromatic N) is 1. The summed E-state index contributed by atoms with van der Waals surface area (Å²) in [5.41, 5.74) is 15.3. The van der Waals surface area contributed by atoms with Crippen LogP contribution in [0.25, 0.3) is 66.4 Å². The molecule has 0 N–H and O–H groups in total. The Hall–Kier alpha value is -6.96. The van der Waals surface area contributed by atoms with Crippen molar-refractivity contribution in [1.82, 2.24) is 0 Å². The Labute approximate surface area is 311 Å². The lowest BCUT2D eigenvalue weighted by molar-refractivity contribution is 1.28. The summed E-state index contributed by atoms with van der Waals surface area (Å²) in [5.74, 6) is 0. The molecule has 0 aromatic heterocycles. The second-order valence-electron chi connectivity index (χ2n) is 13.4. The van der Waals surface area contributed by atoms with E-state index in [0.29, 0.717) is 0 Å². The van der Waals surface area contributed by atoms with E-state index in [4.69, 9.17) is 0 Å². The molecule has 9 rings (SSSR count). The maximum absolute atomic E-state index is 2.37. The number of fused-ring (bicyclic) bond motifs is 1. The molecule has 0 unspecified atom stereocenters. The minimum absolute atomic E-state index is 1.09. The van der Waals surface area contributed by atoms with Crippen LogP contribution >= 0.6 is 0 Å². The van der Waals surface area contributed by atoms with Crippen LogP contribution in [0.15, 0.2) is 224 Å². The number of hydrogen-bond acceptors (Lipinski definition) is 1. The molecule has 1 heteroatoms. The van der Waals surface area contributed by atoms with E-state index in [1.165, 1.54) is 66.4 Å². The first-order valence-electron chi connectivity index (χ1n) is 18.2. The van der Waals surface area contributed by atoms with Gasteiger partial charge in [-0.25, -0.2) is 0 Å². The number of rotatable bonds is 8. The number of anilines is 3. The van der Waals surface area contributed by atoms with Gasteiger partial charge in [-0.15, -0.1) is 0 Å². The van der Waals surface area contributed by atoms with Gasteiger partial charge in [0.1, 0.15) is 0 Å². The fraction of sp³-hybridized carbons (Fsp3) is 0. The van der Waals surface area contributed by atoms with Crippen LogP contribution in [0, 0.1) is 0 Å². The van der Waals surface area contributed by atoms with Gasteiger partial charge >= 0.3 is 0 Å². The maximum atomic E-state index is 2.37. The summed E-state index contributed by atoms with van der Waals surface area (Å²) in [6.45, 7) is 0. The Balaban J connectivity index is 1.20. The molecule has 9 aromatic carbocycles. The normalized spacial score (nSPS) is 11.0. The highest BCUT2D eigenvalue weighted by Gasteiger charge is 2.18. The lowest BCUT2D eigenvalue weighted by Gasteiger charge is -2.27. The van der Waals surface area contributed by atoms with Gasteiger partial charge in [0.05, 0.1) is 0 Å². The second-order valence-corrected chi connectivity index (χ2v) is 13.4. The fourth-order valence-corrected chi connectivity index (χ4v) is 7.40. The third-order valence-electron chi connectivity index (χ3n) is 10.1. The molecule has 0 fully saturated rings. The SMILES string of the molecule is c1ccc(-c2ccc(N(c3ccc(-c4ccccc4)cc3)c3ccc(-c4ccccc4-c4ccc5ccccc5c4)c(-c4ccccc4)c3)cc2)cc1. The van der Waals surface area contributed by atoms with Crippen LogP contribution in [0.1, 0.15) is 0 Å². The third-order valence-corrected chi connectivity index (χ3v) is 10.1. The van der Waals surface area contributed by atoms with E-state index in [1.54, 1.807) is 0 Å². The molecule has 0 aliphatic heterocycles. The van der Waals surface area contributed by atoms with Crippen LogP contribution in [0.3, 0.4) is 0 Å². The number of hydrogen-bond donors (Lipinski definition) is 0. The van der Waals surface area contributed by atoms with Crippen molar-refractivity contribution < 1.29 is 0 Å². The zero-order valence-electron chi connectivity index (χ0n) is 29.3. The number of benzene rings is 9. The monoisotopic (exact) mass is 675 g/mol. The van der Waals surface area contributed by atoms with Gasteiger partial charge in [0.15, 0.2) is 0 Å². The average Bonchev–Trinajstić information content (AvgIpc) is 3.25. The van der Waals surface area contributed by atoms with E-state index >= 15 is 0 Å². The first-order chi connectivity index (χ1) is 26.3. The van der Waals surface area contributed by atoms with Crippen LogP contribution < -0.4 is 4.90 Å². The van der Waals surface area contributed by atoms with E-state index in [9.17, 15) is 0 Å². The molecule has 1 nitrogen and oxygen atoms in total. The van der Waals surface area contributed by atoms with Crippen LogP contribution in [0.2, 0.25) is 0 Å². The Bertz CT molecular complexity index is 2540. The Morgan fingerprint density at radius 2 is 0.623 bits per heavy atom. The molecule has 0 saturated carbocycles. The van der Waals surface area contributed by atoms with Gasteiger partial charge in [-0.1, -0.05) is 182 Å². The summed E-state index contributed by atoms with van der Waals surface area (Å²) in [5, 5.41) is 2.49. The summed E-state index contributed by atoms with van der Waals surface area (Å²) in [6, 6.07) is 80.9. The quantitative estimate of drug-likeness (QED) is 0.155. The molecule has 0 saturated heterocycles. The lowest BCUT2D eigenvalue weighted by Crippen LogP contribution is -2.10. The molecule has 9 aromatic rings. The van der Waals surface area contributed by atoms with E-state index in [-0.39, 0.29) is 0 Å². The highest BCUT2D eigenvalue weighted by atomic mass is 15.1. The van der Waals surface area contributed by atoms with Crippen molar-refractivity contribution in [3.05, 3.63) is 224 Å². The molecule has 0 spiro atoms. The van der Waals surface area contributed by atoms with Crippen molar-refractivity contribution >= 4 is 27.8 Å². The summed E-state index contributed by atoms with van der Waals surface area (Å²) in [6.07, 6.45) is 0. The highest BCUT2D eigenvalue weighted by Crippen LogP contribution is 2.44. The zero-order chi connectivity index (χ0) is 35.4. The molecular weight excluding hydrogens is 639 g/mol. The van der Waals surface area contributed by atoms with E-state index in [2.05, 4.69) is 229 Å². The molecule has 250 valence electrons. The van der Waals surface area contributed by atoms with Gasteiger partial charge < -0.3 is 4.90 Å². The molecule has 53 heavy (non-hydrogen) atoms. The predicted octanol–water partition coefficient (Wildman–Crippen LogP) is 14.6. The molecule has 0 amide bonds. The summed E-state index contributed by atoms with van der Waals surface area (Å²) in [4.78, 5) is 2.37. The van der Waals surface area contributed by atoms with Gasteiger partial charge in [0.25, 0.3) is 0 Å². The molecule has 0 bridgehead atoms. The van der Waals surface area contributed by atoms with Crippen molar-refractivity contribution in [3.63, 3.8) is 0 Å². The fourth-order valence-electron chi connectivity index (χ4n) is 7.40. The summed E-state index contributed by atoms with van der Waals surface area (Å²) < 4.78 is 0. The second kappa shape index (κ2) is 14.3. The van der Waals surface area contributed by atoms with Gasteiger partial charge in [0.2, 0.25) is 0 Å².